The highest BCUT2D eigenvalue weighted by Gasteiger charge is 2.48. The van der Waals surface area contributed by atoms with Gasteiger partial charge in [-0.1, -0.05) is 19.1 Å². The van der Waals surface area contributed by atoms with Crippen molar-refractivity contribution < 1.29 is 24.5 Å². The standard InChI is InChI=1S/C17H24FN3O4/c1-2-14(23)21-17(10-20-12(9-22)15(24)16(17)25)7-3-4-11-5-6-13(18)19-8-11/h3-6,8,12,15-16,20,22,24-25H,2,7,9-10H2,1H3,(H,21,23)/b4-3+/t12-,15-,16+,17+/m1/s1. The van der Waals surface area contributed by atoms with Crippen molar-refractivity contribution in [3.05, 3.63) is 35.9 Å². The van der Waals surface area contributed by atoms with E-state index in [1.54, 1.807) is 25.1 Å². The lowest BCUT2D eigenvalue weighted by Gasteiger charge is -2.47. The molecule has 1 aliphatic heterocycles. The van der Waals surface area contributed by atoms with Crippen molar-refractivity contribution >= 4 is 12.0 Å². The molecule has 5 N–H and O–H groups in total. The maximum Gasteiger partial charge on any atom is 0.220 e. The number of piperidine rings is 1. The quantitative estimate of drug-likeness (QED) is 0.444. The van der Waals surface area contributed by atoms with Crippen LogP contribution in [0.4, 0.5) is 4.39 Å². The first-order valence-corrected chi connectivity index (χ1v) is 8.21. The number of rotatable bonds is 6. The van der Waals surface area contributed by atoms with Crippen LogP contribution in [-0.4, -0.2) is 63.2 Å². The molecule has 138 valence electrons. The zero-order chi connectivity index (χ0) is 18.4. The average molecular weight is 353 g/mol. The van der Waals surface area contributed by atoms with Gasteiger partial charge in [0.15, 0.2) is 0 Å². The van der Waals surface area contributed by atoms with Crippen LogP contribution >= 0.6 is 0 Å². The van der Waals surface area contributed by atoms with Gasteiger partial charge < -0.3 is 26.0 Å². The van der Waals surface area contributed by atoms with E-state index >= 15 is 0 Å². The summed E-state index contributed by atoms with van der Waals surface area (Å²) < 4.78 is 12.8. The molecule has 1 aromatic rings. The molecule has 7 nitrogen and oxygen atoms in total. The number of nitrogens with zero attached hydrogens (tertiary/aromatic N) is 1. The van der Waals surface area contributed by atoms with Crippen molar-refractivity contribution in [2.24, 2.45) is 0 Å². The highest BCUT2D eigenvalue weighted by atomic mass is 19.1. The van der Waals surface area contributed by atoms with Crippen LogP contribution < -0.4 is 10.6 Å². The first kappa shape index (κ1) is 19.5. The first-order chi connectivity index (χ1) is 11.9. The maximum atomic E-state index is 12.8. The van der Waals surface area contributed by atoms with Crippen LogP contribution in [0, 0.1) is 5.95 Å². The third-order valence-corrected chi connectivity index (χ3v) is 4.43. The van der Waals surface area contributed by atoms with Crippen molar-refractivity contribution in [3.63, 3.8) is 0 Å². The normalized spacial score (nSPS) is 29.7. The Hall–Kier alpha value is -1.87. The van der Waals surface area contributed by atoms with Gasteiger partial charge in [0, 0.05) is 19.2 Å². The van der Waals surface area contributed by atoms with Gasteiger partial charge in [0.05, 0.1) is 24.3 Å². The number of carbonyl (C=O) groups is 1. The summed E-state index contributed by atoms with van der Waals surface area (Å²) in [6, 6.07) is 2.13. The molecule has 0 spiro atoms. The molecule has 1 aromatic heterocycles. The van der Waals surface area contributed by atoms with Crippen molar-refractivity contribution in [1.82, 2.24) is 15.6 Å². The lowest BCUT2D eigenvalue weighted by atomic mass is 9.79. The molecule has 2 rings (SSSR count). The molecule has 1 fully saturated rings. The molecule has 4 atom stereocenters. The van der Waals surface area contributed by atoms with Crippen molar-refractivity contribution in [2.45, 2.75) is 43.6 Å². The predicted octanol–water partition coefficient (Wildman–Crippen LogP) is -0.425. The Kier molecular flexibility index (Phi) is 6.60. The summed E-state index contributed by atoms with van der Waals surface area (Å²) in [6.07, 6.45) is 2.79. The van der Waals surface area contributed by atoms with Gasteiger partial charge in [0.25, 0.3) is 0 Å². The molecule has 0 saturated carbocycles. The summed E-state index contributed by atoms with van der Waals surface area (Å²) in [6.45, 7) is 1.56. The second-order valence-corrected chi connectivity index (χ2v) is 6.18. The molecule has 2 heterocycles. The van der Waals surface area contributed by atoms with Crippen LogP contribution in [-0.2, 0) is 4.79 Å². The van der Waals surface area contributed by atoms with E-state index in [4.69, 9.17) is 0 Å². The number of carbonyl (C=O) groups excluding carboxylic acids is 1. The Bertz CT molecular complexity index is 610. The number of hydrogen-bond acceptors (Lipinski definition) is 6. The summed E-state index contributed by atoms with van der Waals surface area (Å²) in [5.74, 6) is -0.832. The summed E-state index contributed by atoms with van der Waals surface area (Å²) >= 11 is 0. The highest BCUT2D eigenvalue weighted by molar-refractivity contribution is 5.76. The van der Waals surface area contributed by atoms with Crippen LogP contribution in [0.5, 0.6) is 0 Å². The molecule has 1 amide bonds. The van der Waals surface area contributed by atoms with E-state index in [-0.39, 0.29) is 31.9 Å². The molecule has 0 aliphatic carbocycles. The number of amides is 1. The number of nitrogens with one attached hydrogen (secondary N) is 2. The average Bonchev–Trinajstić information content (AvgIpc) is 2.61. The van der Waals surface area contributed by atoms with Gasteiger partial charge in [-0.05, 0) is 24.1 Å². The lowest BCUT2D eigenvalue weighted by molar-refractivity contribution is -0.130. The lowest BCUT2D eigenvalue weighted by Crippen LogP contribution is -2.73. The molecule has 0 aromatic carbocycles. The zero-order valence-electron chi connectivity index (χ0n) is 14.0. The minimum atomic E-state index is -1.25. The Balaban J connectivity index is 2.17. The third-order valence-electron chi connectivity index (χ3n) is 4.43. The number of aromatic nitrogens is 1. The zero-order valence-corrected chi connectivity index (χ0v) is 14.0. The van der Waals surface area contributed by atoms with Crippen LogP contribution in [0.2, 0.25) is 0 Å². The Labute approximate surface area is 145 Å². The Morgan fingerprint density at radius 2 is 2.28 bits per heavy atom. The fraction of sp³-hybridized carbons (Fsp3) is 0.529. The van der Waals surface area contributed by atoms with Gasteiger partial charge in [-0.3, -0.25) is 4.79 Å². The van der Waals surface area contributed by atoms with E-state index in [0.717, 1.165) is 0 Å². The summed E-state index contributed by atoms with van der Waals surface area (Å²) in [5, 5.41) is 35.8. The second-order valence-electron chi connectivity index (χ2n) is 6.18. The minimum Gasteiger partial charge on any atom is -0.395 e. The van der Waals surface area contributed by atoms with Crippen LogP contribution in [0.25, 0.3) is 6.08 Å². The molecular formula is C17H24FN3O4. The molecule has 0 radical (unpaired) electrons. The first-order valence-electron chi connectivity index (χ1n) is 8.21. The Morgan fingerprint density at radius 3 is 2.88 bits per heavy atom. The van der Waals surface area contributed by atoms with E-state index in [1.165, 1.54) is 12.3 Å². The second kappa shape index (κ2) is 8.48. The molecule has 1 saturated heterocycles. The van der Waals surface area contributed by atoms with Crippen LogP contribution in [0.1, 0.15) is 25.3 Å². The van der Waals surface area contributed by atoms with E-state index in [9.17, 15) is 24.5 Å². The third kappa shape index (κ3) is 4.60. The minimum absolute atomic E-state index is 0.189. The largest absolute Gasteiger partial charge is 0.395 e. The topological polar surface area (TPSA) is 115 Å². The molecule has 0 bridgehead atoms. The Morgan fingerprint density at radius 1 is 1.52 bits per heavy atom. The molecule has 25 heavy (non-hydrogen) atoms. The van der Waals surface area contributed by atoms with Gasteiger partial charge in [0.2, 0.25) is 11.9 Å². The van der Waals surface area contributed by atoms with E-state index in [1.807, 2.05) is 0 Å². The van der Waals surface area contributed by atoms with E-state index < -0.39 is 29.7 Å². The van der Waals surface area contributed by atoms with E-state index in [2.05, 4.69) is 15.6 Å². The fourth-order valence-corrected chi connectivity index (χ4v) is 2.88. The monoisotopic (exact) mass is 353 g/mol. The predicted molar refractivity (Wildman–Crippen MR) is 89.9 cm³/mol. The van der Waals surface area contributed by atoms with Gasteiger partial charge in [-0.2, -0.15) is 4.39 Å². The number of aliphatic hydroxyl groups excluding tert-OH is 3. The van der Waals surface area contributed by atoms with Crippen molar-refractivity contribution in [1.29, 1.82) is 0 Å². The van der Waals surface area contributed by atoms with Gasteiger partial charge >= 0.3 is 0 Å². The van der Waals surface area contributed by atoms with Crippen LogP contribution in [0.15, 0.2) is 24.4 Å². The van der Waals surface area contributed by atoms with Crippen molar-refractivity contribution in [3.8, 4) is 0 Å². The van der Waals surface area contributed by atoms with Crippen molar-refractivity contribution in [2.75, 3.05) is 13.2 Å². The highest BCUT2D eigenvalue weighted by Crippen LogP contribution is 2.25. The molecule has 8 heteroatoms. The summed E-state index contributed by atoms with van der Waals surface area (Å²) in [5.41, 5.74) is -0.437. The molecule has 1 aliphatic rings. The van der Waals surface area contributed by atoms with Gasteiger partial charge in [-0.25, -0.2) is 4.98 Å². The number of pyridine rings is 1. The van der Waals surface area contributed by atoms with Gasteiger partial charge in [-0.15, -0.1) is 0 Å². The van der Waals surface area contributed by atoms with Crippen LogP contribution in [0.3, 0.4) is 0 Å². The maximum absolute atomic E-state index is 12.8. The van der Waals surface area contributed by atoms with Gasteiger partial charge in [0.1, 0.15) is 6.10 Å². The smallest absolute Gasteiger partial charge is 0.220 e. The summed E-state index contributed by atoms with van der Waals surface area (Å²) in [4.78, 5) is 15.5. The number of aliphatic hydroxyl groups is 3. The summed E-state index contributed by atoms with van der Waals surface area (Å²) in [7, 11) is 0. The number of halogens is 1. The van der Waals surface area contributed by atoms with E-state index in [0.29, 0.717) is 5.56 Å². The molecule has 0 unspecified atom stereocenters. The SMILES string of the molecule is CCC(=O)N[C@@]1(C/C=C/c2ccc(F)nc2)CN[C@H](CO)[C@@H](O)[C@@H]1O. The molecular weight excluding hydrogens is 329 g/mol. The fourth-order valence-electron chi connectivity index (χ4n) is 2.88. The number of hydrogen-bond donors (Lipinski definition) is 5.